The first kappa shape index (κ1) is 15.0. The van der Waals surface area contributed by atoms with Crippen molar-refractivity contribution in [1.29, 1.82) is 0 Å². The van der Waals surface area contributed by atoms with Crippen LogP contribution in [0.2, 0.25) is 0 Å². The first-order valence-corrected chi connectivity index (χ1v) is 8.43. The van der Waals surface area contributed by atoms with E-state index in [4.69, 9.17) is 9.47 Å². The number of nitrogens with zero attached hydrogens (tertiary/aromatic N) is 3. The predicted molar refractivity (Wildman–Crippen MR) is 92.4 cm³/mol. The maximum atomic E-state index is 6.14. The van der Waals surface area contributed by atoms with Gasteiger partial charge in [0.15, 0.2) is 17.3 Å². The molecule has 4 rings (SSSR count). The van der Waals surface area contributed by atoms with Crippen molar-refractivity contribution in [3.63, 3.8) is 0 Å². The van der Waals surface area contributed by atoms with Gasteiger partial charge in [0.2, 0.25) is 0 Å². The molecule has 2 aromatic carbocycles. The van der Waals surface area contributed by atoms with Crippen molar-refractivity contribution < 1.29 is 9.47 Å². The normalized spacial score (nSPS) is 14.1. The largest absolute Gasteiger partial charge is 0.490 e. The summed E-state index contributed by atoms with van der Waals surface area (Å²) in [6, 6.07) is 12.2. The molecule has 1 saturated carbocycles. The summed E-state index contributed by atoms with van der Waals surface area (Å²) in [6.07, 6.45) is 2.43. The maximum Gasteiger partial charge on any atom is 0.170 e. The van der Waals surface area contributed by atoms with E-state index in [2.05, 4.69) is 33.0 Å². The van der Waals surface area contributed by atoms with Gasteiger partial charge in [-0.1, -0.05) is 30.3 Å². The predicted octanol–water partition coefficient (Wildman–Crippen LogP) is 3.82. The highest BCUT2D eigenvalue weighted by Crippen LogP contribution is 2.39. The molecule has 0 N–H and O–H groups in total. The van der Waals surface area contributed by atoms with E-state index in [0.29, 0.717) is 19.1 Å². The molecule has 0 spiro atoms. The zero-order chi connectivity index (χ0) is 16.5. The lowest BCUT2D eigenvalue weighted by Gasteiger charge is -2.14. The van der Waals surface area contributed by atoms with Crippen LogP contribution in [0.15, 0.2) is 36.4 Å². The van der Waals surface area contributed by atoms with E-state index in [1.54, 1.807) is 0 Å². The Morgan fingerprint density at radius 1 is 1.08 bits per heavy atom. The van der Waals surface area contributed by atoms with Crippen molar-refractivity contribution in [3.8, 4) is 11.5 Å². The van der Waals surface area contributed by atoms with Crippen LogP contribution in [-0.2, 0) is 13.7 Å². The fraction of sp³-hybridized carbons (Fsp3) is 0.368. The van der Waals surface area contributed by atoms with Crippen LogP contribution in [0.5, 0.6) is 11.5 Å². The van der Waals surface area contributed by atoms with Crippen LogP contribution in [0.3, 0.4) is 0 Å². The molecule has 0 radical (unpaired) electrons. The summed E-state index contributed by atoms with van der Waals surface area (Å²) in [5, 5.41) is 10.8. The Morgan fingerprint density at radius 2 is 1.92 bits per heavy atom. The highest BCUT2D eigenvalue weighted by Gasteiger charge is 2.29. The number of hydrogen-bond acceptors (Lipinski definition) is 4. The van der Waals surface area contributed by atoms with Gasteiger partial charge in [0.1, 0.15) is 12.4 Å². The summed E-state index contributed by atoms with van der Waals surface area (Å²) in [6.45, 7) is 2.96. The summed E-state index contributed by atoms with van der Waals surface area (Å²) in [4.78, 5) is 0. The van der Waals surface area contributed by atoms with Crippen molar-refractivity contribution >= 4 is 10.8 Å². The van der Waals surface area contributed by atoms with Crippen molar-refractivity contribution in [3.05, 3.63) is 48.0 Å². The van der Waals surface area contributed by atoms with Crippen LogP contribution in [0.25, 0.3) is 10.8 Å². The number of fused-ring (bicyclic) bond motifs is 1. The summed E-state index contributed by atoms with van der Waals surface area (Å²) in [5.41, 5.74) is 0. The van der Waals surface area contributed by atoms with Crippen molar-refractivity contribution in [2.24, 2.45) is 7.05 Å². The summed E-state index contributed by atoms with van der Waals surface area (Å²) in [5.74, 6) is 4.02. The molecule has 5 heteroatoms. The molecule has 5 nitrogen and oxygen atoms in total. The fourth-order valence-corrected chi connectivity index (χ4v) is 2.98. The molecule has 124 valence electrons. The first-order valence-electron chi connectivity index (χ1n) is 8.43. The van der Waals surface area contributed by atoms with E-state index < -0.39 is 0 Å². The van der Waals surface area contributed by atoms with Gasteiger partial charge in [-0.2, -0.15) is 0 Å². The second-order valence-corrected chi connectivity index (χ2v) is 6.14. The van der Waals surface area contributed by atoms with Crippen molar-refractivity contribution in [2.45, 2.75) is 32.3 Å². The van der Waals surface area contributed by atoms with Crippen LogP contribution >= 0.6 is 0 Å². The molecule has 1 fully saturated rings. The smallest absolute Gasteiger partial charge is 0.170 e. The molecule has 0 bridgehead atoms. The number of rotatable bonds is 6. The van der Waals surface area contributed by atoms with Crippen LogP contribution < -0.4 is 9.47 Å². The van der Waals surface area contributed by atoms with Gasteiger partial charge in [-0.3, -0.25) is 0 Å². The number of aromatic nitrogens is 3. The number of hydrogen-bond donors (Lipinski definition) is 0. The molecular formula is C19H21N3O2. The van der Waals surface area contributed by atoms with Gasteiger partial charge in [0.05, 0.1) is 6.61 Å². The standard InChI is InChI=1S/C19H21N3O2/c1-3-23-16-11-10-13-6-4-5-7-15(13)18(16)24-12-17-20-21-19(22(17)2)14-8-9-14/h4-7,10-11,14H,3,8-9,12H2,1-2H3. The molecule has 1 aliphatic rings. The van der Waals surface area contributed by atoms with Gasteiger partial charge in [-0.25, -0.2) is 0 Å². The number of benzene rings is 2. The molecule has 1 aliphatic carbocycles. The van der Waals surface area contributed by atoms with Crippen LogP contribution in [0, 0.1) is 0 Å². The minimum absolute atomic E-state index is 0.379. The van der Waals surface area contributed by atoms with Crippen molar-refractivity contribution in [2.75, 3.05) is 6.61 Å². The van der Waals surface area contributed by atoms with Crippen LogP contribution in [0.4, 0.5) is 0 Å². The Kier molecular flexibility index (Phi) is 3.84. The highest BCUT2D eigenvalue weighted by molar-refractivity contribution is 5.90. The maximum absolute atomic E-state index is 6.14. The molecule has 24 heavy (non-hydrogen) atoms. The fourth-order valence-electron chi connectivity index (χ4n) is 2.98. The summed E-state index contributed by atoms with van der Waals surface area (Å²) < 4.78 is 13.9. The Morgan fingerprint density at radius 3 is 2.71 bits per heavy atom. The average Bonchev–Trinajstić information content (AvgIpc) is 3.38. The minimum atomic E-state index is 0.379. The molecular weight excluding hydrogens is 302 g/mol. The molecule has 1 aromatic heterocycles. The van der Waals surface area contributed by atoms with Crippen molar-refractivity contribution in [1.82, 2.24) is 14.8 Å². The van der Waals surface area contributed by atoms with Gasteiger partial charge >= 0.3 is 0 Å². The molecule has 0 saturated heterocycles. The lowest BCUT2D eigenvalue weighted by molar-refractivity contribution is 0.263. The molecule has 0 amide bonds. The van der Waals surface area contributed by atoms with E-state index in [9.17, 15) is 0 Å². The van der Waals surface area contributed by atoms with Gasteiger partial charge in [-0.05, 0) is 31.2 Å². The second kappa shape index (κ2) is 6.15. The van der Waals surface area contributed by atoms with Gasteiger partial charge in [-0.15, -0.1) is 10.2 Å². The Bertz CT molecular complexity index is 868. The lowest BCUT2D eigenvalue weighted by atomic mass is 10.1. The van der Waals surface area contributed by atoms with E-state index in [0.717, 1.165) is 33.9 Å². The summed E-state index contributed by atoms with van der Waals surface area (Å²) in [7, 11) is 2.01. The Balaban J connectivity index is 1.64. The average molecular weight is 323 g/mol. The van der Waals surface area contributed by atoms with Gasteiger partial charge in [0, 0.05) is 18.4 Å². The van der Waals surface area contributed by atoms with Crippen LogP contribution in [0.1, 0.15) is 37.3 Å². The molecule has 1 heterocycles. The van der Waals surface area contributed by atoms with Crippen LogP contribution in [-0.4, -0.2) is 21.4 Å². The van der Waals surface area contributed by atoms with E-state index >= 15 is 0 Å². The summed E-state index contributed by atoms with van der Waals surface area (Å²) >= 11 is 0. The first-order chi connectivity index (χ1) is 11.8. The topological polar surface area (TPSA) is 49.2 Å². The molecule has 0 unspecified atom stereocenters. The molecule has 0 aliphatic heterocycles. The second-order valence-electron chi connectivity index (χ2n) is 6.14. The van der Waals surface area contributed by atoms with E-state index in [1.807, 2.05) is 32.2 Å². The van der Waals surface area contributed by atoms with E-state index in [1.165, 1.54) is 12.8 Å². The quantitative estimate of drug-likeness (QED) is 0.692. The van der Waals surface area contributed by atoms with E-state index in [-0.39, 0.29) is 0 Å². The Labute approximate surface area is 141 Å². The molecule has 3 aromatic rings. The van der Waals surface area contributed by atoms with Gasteiger partial charge in [0.25, 0.3) is 0 Å². The van der Waals surface area contributed by atoms with Gasteiger partial charge < -0.3 is 14.0 Å². The zero-order valence-electron chi connectivity index (χ0n) is 14.0. The third-order valence-corrected chi connectivity index (χ3v) is 4.43. The third kappa shape index (κ3) is 2.70. The third-order valence-electron chi connectivity index (χ3n) is 4.43. The Hall–Kier alpha value is -2.56. The SMILES string of the molecule is CCOc1ccc2ccccc2c1OCc1nnc(C2CC2)n1C. The monoisotopic (exact) mass is 323 g/mol. The highest BCUT2D eigenvalue weighted by atomic mass is 16.5. The minimum Gasteiger partial charge on any atom is -0.490 e. The number of ether oxygens (including phenoxy) is 2. The molecule has 0 atom stereocenters. The lowest BCUT2D eigenvalue weighted by Crippen LogP contribution is -2.06. The zero-order valence-corrected chi connectivity index (χ0v) is 14.0.